The van der Waals surface area contributed by atoms with Crippen LogP contribution in [0.5, 0.6) is 5.75 Å². The number of methoxy groups -OCH3 is 1. The highest BCUT2D eigenvalue weighted by molar-refractivity contribution is 7.19. The van der Waals surface area contributed by atoms with Crippen molar-refractivity contribution >= 4 is 16.3 Å². The smallest absolute Gasteiger partial charge is 0.260 e. The summed E-state index contributed by atoms with van der Waals surface area (Å²) < 4.78 is 19.7. The molecule has 0 radical (unpaired) electrons. The molecule has 2 heterocycles. The van der Waals surface area contributed by atoms with E-state index in [4.69, 9.17) is 4.74 Å². The SMILES string of the molecule is COc1ccc(-c2cc(=O)n3c(-c4ccc(F)cc4)nnc3s2)cc1. The highest BCUT2D eigenvalue weighted by Gasteiger charge is 2.13. The number of hydrogen-bond donors (Lipinski definition) is 0. The predicted octanol–water partition coefficient (Wildman–Crippen LogP) is 3.63. The van der Waals surface area contributed by atoms with E-state index in [1.807, 2.05) is 24.3 Å². The van der Waals surface area contributed by atoms with Crippen LogP contribution in [0.15, 0.2) is 59.4 Å². The van der Waals surface area contributed by atoms with Gasteiger partial charge in [-0.3, -0.25) is 4.79 Å². The van der Waals surface area contributed by atoms with Crippen LogP contribution in [0.1, 0.15) is 0 Å². The summed E-state index contributed by atoms with van der Waals surface area (Å²) in [6.45, 7) is 0. The van der Waals surface area contributed by atoms with Crippen LogP contribution in [-0.4, -0.2) is 21.7 Å². The van der Waals surface area contributed by atoms with E-state index in [0.717, 1.165) is 16.2 Å². The van der Waals surface area contributed by atoms with Gasteiger partial charge < -0.3 is 4.74 Å². The Balaban J connectivity index is 1.84. The molecule has 2 aromatic carbocycles. The van der Waals surface area contributed by atoms with E-state index in [1.54, 1.807) is 25.3 Å². The molecule has 0 saturated heterocycles. The molecule has 4 aromatic rings. The highest BCUT2D eigenvalue weighted by atomic mass is 32.1. The summed E-state index contributed by atoms with van der Waals surface area (Å²) in [5.41, 5.74) is 1.30. The van der Waals surface area contributed by atoms with Gasteiger partial charge in [-0.25, -0.2) is 8.79 Å². The van der Waals surface area contributed by atoms with Crippen molar-refractivity contribution in [1.29, 1.82) is 0 Å². The molecule has 0 aliphatic carbocycles. The molecule has 25 heavy (non-hydrogen) atoms. The third kappa shape index (κ3) is 2.78. The number of fused-ring (bicyclic) bond motifs is 1. The first-order valence-electron chi connectivity index (χ1n) is 7.45. The van der Waals surface area contributed by atoms with Gasteiger partial charge in [-0.1, -0.05) is 11.3 Å². The maximum atomic E-state index is 13.1. The lowest BCUT2D eigenvalue weighted by molar-refractivity contribution is 0.415. The van der Waals surface area contributed by atoms with Crippen molar-refractivity contribution in [2.75, 3.05) is 7.11 Å². The Hall–Kier alpha value is -3.06. The fraction of sp³-hybridized carbons (Fsp3) is 0.0556. The second kappa shape index (κ2) is 6.10. The first-order chi connectivity index (χ1) is 12.2. The Kier molecular flexibility index (Phi) is 3.77. The third-order valence-electron chi connectivity index (χ3n) is 3.79. The van der Waals surface area contributed by atoms with Gasteiger partial charge in [0.15, 0.2) is 5.82 Å². The summed E-state index contributed by atoms with van der Waals surface area (Å²) in [6, 6.07) is 14.8. The van der Waals surface area contributed by atoms with Gasteiger partial charge >= 0.3 is 0 Å². The van der Waals surface area contributed by atoms with Gasteiger partial charge in [0, 0.05) is 16.5 Å². The number of nitrogens with zero attached hydrogens (tertiary/aromatic N) is 3. The molecular weight excluding hydrogens is 341 g/mol. The van der Waals surface area contributed by atoms with Crippen molar-refractivity contribution in [1.82, 2.24) is 14.6 Å². The minimum absolute atomic E-state index is 0.233. The number of ether oxygens (including phenoxy) is 1. The minimum atomic E-state index is -0.343. The lowest BCUT2D eigenvalue weighted by atomic mass is 10.2. The summed E-state index contributed by atoms with van der Waals surface area (Å²) in [6.07, 6.45) is 0. The minimum Gasteiger partial charge on any atom is -0.497 e. The number of rotatable bonds is 3. The fourth-order valence-electron chi connectivity index (χ4n) is 2.52. The van der Waals surface area contributed by atoms with Crippen LogP contribution < -0.4 is 10.3 Å². The van der Waals surface area contributed by atoms with E-state index in [1.165, 1.54) is 27.9 Å². The molecule has 124 valence electrons. The van der Waals surface area contributed by atoms with Crippen molar-refractivity contribution < 1.29 is 9.13 Å². The molecule has 0 unspecified atom stereocenters. The summed E-state index contributed by atoms with van der Waals surface area (Å²) >= 11 is 1.36. The third-order valence-corrected chi connectivity index (χ3v) is 4.81. The molecule has 0 N–H and O–H groups in total. The molecule has 0 spiro atoms. The quantitative estimate of drug-likeness (QED) is 0.564. The van der Waals surface area contributed by atoms with Crippen LogP contribution in [-0.2, 0) is 0 Å². The molecule has 0 fully saturated rings. The highest BCUT2D eigenvalue weighted by Crippen LogP contribution is 2.28. The lowest BCUT2D eigenvalue weighted by Gasteiger charge is -2.04. The van der Waals surface area contributed by atoms with Crippen LogP contribution in [0.25, 0.3) is 26.8 Å². The molecule has 5 nitrogen and oxygen atoms in total. The van der Waals surface area contributed by atoms with Crippen molar-refractivity contribution in [2.45, 2.75) is 0 Å². The molecular formula is C18H12FN3O2S. The number of benzene rings is 2. The van der Waals surface area contributed by atoms with Gasteiger partial charge in [-0.15, -0.1) is 10.2 Å². The van der Waals surface area contributed by atoms with Crippen LogP contribution in [0.3, 0.4) is 0 Å². The Morgan fingerprint density at radius 3 is 2.36 bits per heavy atom. The van der Waals surface area contributed by atoms with E-state index in [9.17, 15) is 9.18 Å². The molecule has 0 atom stereocenters. The summed E-state index contributed by atoms with van der Waals surface area (Å²) in [5, 5.41) is 8.21. The largest absolute Gasteiger partial charge is 0.497 e. The van der Waals surface area contributed by atoms with Gasteiger partial charge in [0.25, 0.3) is 5.56 Å². The zero-order valence-electron chi connectivity index (χ0n) is 13.1. The number of halogens is 1. The Morgan fingerprint density at radius 1 is 1.00 bits per heavy atom. The van der Waals surface area contributed by atoms with Crippen molar-refractivity contribution in [2.24, 2.45) is 0 Å². The van der Waals surface area contributed by atoms with E-state index < -0.39 is 0 Å². The van der Waals surface area contributed by atoms with Gasteiger partial charge in [-0.2, -0.15) is 0 Å². The van der Waals surface area contributed by atoms with E-state index in [0.29, 0.717) is 16.3 Å². The van der Waals surface area contributed by atoms with Crippen LogP contribution in [0, 0.1) is 5.82 Å². The molecule has 0 aliphatic heterocycles. The topological polar surface area (TPSA) is 56.5 Å². The molecule has 4 rings (SSSR count). The normalized spacial score (nSPS) is 11.0. The first kappa shape index (κ1) is 15.5. The second-order valence-corrected chi connectivity index (χ2v) is 6.33. The molecule has 0 amide bonds. The predicted molar refractivity (Wildman–Crippen MR) is 94.5 cm³/mol. The zero-order chi connectivity index (χ0) is 17.4. The Bertz CT molecular complexity index is 1100. The Labute approximate surface area is 146 Å². The fourth-order valence-corrected chi connectivity index (χ4v) is 3.48. The standard InChI is InChI=1S/C18H12FN3O2S/c1-24-14-8-4-11(5-9-14)15-10-16(23)22-17(20-21-18(22)25-15)12-2-6-13(19)7-3-12/h2-10H,1H3. The van der Waals surface area contributed by atoms with Gasteiger partial charge in [0.05, 0.1) is 7.11 Å². The average molecular weight is 353 g/mol. The summed E-state index contributed by atoms with van der Waals surface area (Å²) in [7, 11) is 1.60. The summed E-state index contributed by atoms with van der Waals surface area (Å²) in [5.74, 6) is 0.806. The van der Waals surface area contributed by atoms with Crippen LogP contribution in [0.2, 0.25) is 0 Å². The molecule has 7 heteroatoms. The maximum Gasteiger partial charge on any atom is 0.260 e. The van der Waals surface area contributed by atoms with E-state index in [-0.39, 0.29) is 11.4 Å². The lowest BCUT2D eigenvalue weighted by Crippen LogP contribution is -2.11. The molecule has 0 aliphatic rings. The van der Waals surface area contributed by atoms with Crippen molar-refractivity contribution in [3.63, 3.8) is 0 Å². The van der Waals surface area contributed by atoms with Gasteiger partial charge in [0.1, 0.15) is 11.6 Å². The number of aromatic nitrogens is 3. The molecule has 0 saturated carbocycles. The Morgan fingerprint density at radius 2 is 1.68 bits per heavy atom. The summed E-state index contributed by atoms with van der Waals surface area (Å²) in [4.78, 5) is 13.9. The van der Waals surface area contributed by atoms with Crippen molar-refractivity contribution in [3.8, 4) is 27.6 Å². The van der Waals surface area contributed by atoms with E-state index >= 15 is 0 Å². The zero-order valence-corrected chi connectivity index (χ0v) is 14.0. The van der Waals surface area contributed by atoms with Crippen LogP contribution >= 0.6 is 11.3 Å². The van der Waals surface area contributed by atoms with Crippen LogP contribution in [0.4, 0.5) is 4.39 Å². The second-order valence-electron chi connectivity index (χ2n) is 5.33. The van der Waals surface area contributed by atoms with E-state index in [2.05, 4.69) is 10.2 Å². The molecule has 0 bridgehead atoms. The number of hydrogen-bond acceptors (Lipinski definition) is 5. The average Bonchev–Trinajstić information content (AvgIpc) is 3.07. The van der Waals surface area contributed by atoms with Crippen molar-refractivity contribution in [3.05, 3.63) is 70.8 Å². The van der Waals surface area contributed by atoms with Gasteiger partial charge in [0.2, 0.25) is 4.96 Å². The molecule has 2 aromatic heterocycles. The monoisotopic (exact) mass is 353 g/mol. The maximum absolute atomic E-state index is 13.1. The first-order valence-corrected chi connectivity index (χ1v) is 8.27. The van der Waals surface area contributed by atoms with Gasteiger partial charge in [-0.05, 0) is 54.1 Å².